The smallest absolute Gasteiger partial charge is 0.326 e. The number of rotatable bonds is 8. The number of amides is 2. The maximum absolute atomic E-state index is 12.4. The van der Waals surface area contributed by atoms with Gasteiger partial charge in [0.25, 0.3) is 0 Å². The second-order valence-corrected chi connectivity index (χ2v) is 8.23. The van der Waals surface area contributed by atoms with E-state index in [-0.39, 0.29) is 0 Å². The maximum atomic E-state index is 12.4. The Bertz CT molecular complexity index is 616. The predicted octanol–water partition coefficient (Wildman–Crippen LogP) is 0.524. The van der Waals surface area contributed by atoms with Gasteiger partial charge in [-0.25, -0.2) is 4.79 Å². The van der Waals surface area contributed by atoms with Crippen molar-refractivity contribution in [1.29, 1.82) is 0 Å². The van der Waals surface area contributed by atoms with E-state index in [9.17, 15) is 29.1 Å². The highest BCUT2D eigenvalue weighted by Crippen LogP contribution is 2.11. The van der Waals surface area contributed by atoms with Crippen LogP contribution < -0.4 is 10.6 Å². The van der Waals surface area contributed by atoms with E-state index >= 15 is 0 Å². The zero-order valence-corrected chi connectivity index (χ0v) is 17.4. The quantitative estimate of drug-likeness (QED) is 0.498. The van der Waals surface area contributed by atoms with E-state index in [0.717, 1.165) is 6.92 Å². The number of carboxylic acid groups (broad SMARTS) is 1. The van der Waals surface area contributed by atoms with Crippen molar-refractivity contribution in [2.45, 2.75) is 84.6 Å². The van der Waals surface area contributed by atoms with Gasteiger partial charge in [-0.05, 0) is 41.5 Å². The topological polar surface area (TPSA) is 148 Å². The summed E-state index contributed by atoms with van der Waals surface area (Å²) in [6, 6.07) is -2.94. The van der Waals surface area contributed by atoms with Gasteiger partial charge >= 0.3 is 17.9 Å². The van der Waals surface area contributed by atoms with Crippen molar-refractivity contribution in [2.75, 3.05) is 0 Å². The zero-order valence-electron chi connectivity index (χ0n) is 17.4. The molecule has 10 heteroatoms. The van der Waals surface area contributed by atoms with E-state index in [1.165, 1.54) is 0 Å². The lowest BCUT2D eigenvalue weighted by molar-refractivity contribution is -0.159. The number of nitrogens with one attached hydrogen (secondary N) is 2. The van der Waals surface area contributed by atoms with E-state index in [2.05, 4.69) is 10.6 Å². The molecule has 160 valence electrons. The molecule has 0 aromatic rings. The van der Waals surface area contributed by atoms with E-state index in [1.807, 2.05) is 0 Å². The maximum Gasteiger partial charge on any atom is 0.326 e. The first kappa shape index (κ1) is 25.4. The summed E-state index contributed by atoms with van der Waals surface area (Å²) in [6.07, 6.45) is -1.11. The molecule has 2 atom stereocenters. The van der Waals surface area contributed by atoms with Crippen LogP contribution in [0.15, 0.2) is 0 Å². The molecule has 0 aliphatic carbocycles. The molecule has 0 heterocycles. The van der Waals surface area contributed by atoms with Gasteiger partial charge in [-0.1, -0.05) is 0 Å². The van der Waals surface area contributed by atoms with Gasteiger partial charge in [-0.3, -0.25) is 19.2 Å². The molecule has 0 aliphatic rings. The Morgan fingerprint density at radius 2 is 1.18 bits per heavy atom. The third-order valence-corrected chi connectivity index (χ3v) is 2.89. The summed E-state index contributed by atoms with van der Waals surface area (Å²) < 4.78 is 10.2. The summed E-state index contributed by atoms with van der Waals surface area (Å²) in [7, 11) is 0. The highest BCUT2D eigenvalue weighted by atomic mass is 16.6. The molecule has 0 saturated carbocycles. The Balaban J connectivity index is 5.17. The average molecular weight is 402 g/mol. The number of hydrogen-bond donors (Lipinski definition) is 3. The van der Waals surface area contributed by atoms with Crippen LogP contribution in [0.5, 0.6) is 0 Å². The fourth-order valence-electron chi connectivity index (χ4n) is 2.03. The van der Waals surface area contributed by atoms with Gasteiger partial charge in [0.05, 0.1) is 12.8 Å². The van der Waals surface area contributed by atoms with Crippen LogP contribution >= 0.6 is 0 Å². The van der Waals surface area contributed by atoms with E-state index in [0.29, 0.717) is 0 Å². The van der Waals surface area contributed by atoms with Gasteiger partial charge in [0.2, 0.25) is 11.8 Å². The highest BCUT2D eigenvalue weighted by Gasteiger charge is 2.31. The van der Waals surface area contributed by atoms with Crippen LogP contribution in [0, 0.1) is 0 Å². The van der Waals surface area contributed by atoms with Gasteiger partial charge in [-0.15, -0.1) is 0 Å². The van der Waals surface area contributed by atoms with Crippen molar-refractivity contribution in [3.63, 3.8) is 0 Å². The SMILES string of the molecule is CC(=O)NC(CC(=O)OC(C)(C)C)C(=O)NC(CC(=O)OC(C)(C)C)C(=O)O. The Morgan fingerprint density at radius 3 is 1.50 bits per heavy atom. The molecular formula is C18H30N2O8. The number of carboxylic acids is 1. The summed E-state index contributed by atoms with van der Waals surface area (Å²) in [5.41, 5.74) is -1.62. The molecule has 0 aromatic heterocycles. The van der Waals surface area contributed by atoms with Crippen LogP contribution in [0.4, 0.5) is 0 Å². The zero-order chi connectivity index (χ0) is 22.3. The molecule has 0 bridgehead atoms. The second kappa shape index (κ2) is 10.0. The van der Waals surface area contributed by atoms with Crippen molar-refractivity contribution in [3.8, 4) is 0 Å². The third-order valence-electron chi connectivity index (χ3n) is 2.89. The second-order valence-electron chi connectivity index (χ2n) is 8.23. The Hall–Kier alpha value is -2.65. The number of ether oxygens (including phenoxy) is 2. The largest absolute Gasteiger partial charge is 0.480 e. The minimum absolute atomic E-state index is 0.499. The van der Waals surface area contributed by atoms with Crippen molar-refractivity contribution in [3.05, 3.63) is 0 Å². The number of carbonyl (C=O) groups excluding carboxylic acids is 4. The van der Waals surface area contributed by atoms with Crippen LogP contribution in [0.25, 0.3) is 0 Å². The van der Waals surface area contributed by atoms with Crippen molar-refractivity contribution < 1.29 is 38.6 Å². The van der Waals surface area contributed by atoms with E-state index in [4.69, 9.17) is 9.47 Å². The van der Waals surface area contributed by atoms with Crippen LogP contribution in [0.1, 0.15) is 61.3 Å². The molecule has 0 aliphatic heterocycles. The predicted molar refractivity (Wildman–Crippen MR) is 98.1 cm³/mol. The lowest BCUT2D eigenvalue weighted by Crippen LogP contribution is -2.53. The fraction of sp³-hybridized carbons (Fsp3) is 0.722. The van der Waals surface area contributed by atoms with Crippen LogP contribution in [0.2, 0.25) is 0 Å². The van der Waals surface area contributed by atoms with Gasteiger partial charge in [0.1, 0.15) is 23.3 Å². The first-order valence-corrected chi connectivity index (χ1v) is 8.74. The van der Waals surface area contributed by atoms with Crippen molar-refractivity contribution >= 4 is 29.7 Å². The van der Waals surface area contributed by atoms with Gasteiger partial charge < -0.3 is 25.2 Å². The summed E-state index contributed by atoms with van der Waals surface area (Å²) in [6.45, 7) is 10.9. The lowest BCUT2D eigenvalue weighted by Gasteiger charge is -2.24. The molecule has 0 radical (unpaired) electrons. The monoisotopic (exact) mass is 402 g/mol. The third kappa shape index (κ3) is 11.9. The molecule has 0 fully saturated rings. The van der Waals surface area contributed by atoms with Crippen molar-refractivity contribution in [1.82, 2.24) is 10.6 Å². The molecule has 2 amide bonds. The first-order chi connectivity index (χ1) is 12.5. The minimum atomic E-state index is -1.59. The molecule has 10 nitrogen and oxygen atoms in total. The lowest BCUT2D eigenvalue weighted by atomic mass is 10.1. The molecule has 0 spiro atoms. The fourth-order valence-corrected chi connectivity index (χ4v) is 2.03. The summed E-state index contributed by atoms with van der Waals surface area (Å²) in [5.74, 6) is -4.55. The van der Waals surface area contributed by atoms with Crippen LogP contribution in [-0.2, 0) is 33.4 Å². The van der Waals surface area contributed by atoms with Crippen molar-refractivity contribution in [2.24, 2.45) is 0 Å². The molecule has 0 saturated heterocycles. The molecule has 28 heavy (non-hydrogen) atoms. The molecular weight excluding hydrogens is 372 g/mol. The average Bonchev–Trinajstić information content (AvgIpc) is 2.40. The standard InChI is InChI=1S/C18H30N2O8/c1-10(21)19-11(8-13(22)27-17(2,3)4)15(24)20-12(16(25)26)9-14(23)28-18(5,6)7/h11-12H,8-9H2,1-7H3,(H,19,21)(H,20,24)(H,25,26). The summed E-state index contributed by atoms with van der Waals surface area (Å²) >= 11 is 0. The van der Waals surface area contributed by atoms with Gasteiger partial charge in [0.15, 0.2) is 0 Å². The highest BCUT2D eigenvalue weighted by molar-refractivity contribution is 5.93. The molecule has 0 rings (SSSR count). The normalized spacial score (nSPS) is 13.7. The summed E-state index contributed by atoms with van der Waals surface area (Å²) in [5, 5.41) is 13.7. The van der Waals surface area contributed by atoms with E-state index < -0.39 is 65.8 Å². The van der Waals surface area contributed by atoms with E-state index in [1.54, 1.807) is 41.5 Å². The number of esters is 2. The Kier molecular flexibility index (Phi) is 9.10. The van der Waals surface area contributed by atoms with Crippen LogP contribution in [0.3, 0.4) is 0 Å². The minimum Gasteiger partial charge on any atom is -0.480 e. The number of carbonyl (C=O) groups is 5. The van der Waals surface area contributed by atoms with Crippen LogP contribution in [-0.4, -0.2) is 58.1 Å². The number of hydrogen-bond acceptors (Lipinski definition) is 7. The van der Waals surface area contributed by atoms with Gasteiger partial charge in [0, 0.05) is 6.92 Å². The summed E-state index contributed by atoms with van der Waals surface area (Å²) in [4.78, 5) is 59.0. The first-order valence-electron chi connectivity index (χ1n) is 8.74. The van der Waals surface area contributed by atoms with Gasteiger partial charge in [-0.2, -0.15) is 0 Å². The molecule has 0 aromatic carbocycles. The molecule has 2 unspecified atom stereocenters. The Morgan fingerprint density at radius 1 is 0.786 bits per heavy atom. The molecule has 3 N–H and O–H groups in total. The number of aliphatic carboxylic acids is 1. The Labute approximate surface area is 164 Å².